The first kappa shape index (κ1) is 18.2. The topological polar surface area (TPSA) is 55.4 Å². The number of hydrogen-bond acceptors (Lipinski definition) is 3. The number of hydrogen-bond donors (Lipinski definition) is 1. The van der Waals surface area contributed by atoms with E-state index in [9.17, 15) is 9.59 Å². The van der Waals surface area contributed by atoms with Gasteiger partial charge in [0, 0.05) is 6.54 Å². The van der Waals surface area contributed by atoms with Crippen molar-refractivity contribution in [1.29, 1.82) is 0 Å². The molecular formula is C20H27NO3. The Bertz CT molecular complexity index is 589. The molecule has 0 spiro atoms. The summed E-state index contributed by atoms with van der Waals surface area (Å²) in [4.78, 5) is 24.1. The Labute approximate surface area is 144 Å². The van der Waals surface area contributed by atoms with E-state index in [4.69, 9.17) is 4.74 Å². The van der Waals surface area contributed by atoms with Gasteiger partial charge in [0.15, 0.2) is 6.10 Å². The van der Waals surface area contributed by atoms with E-state index >= 15 is 0 Å². The minimum atomic E-state index is -0.788. The molecule has 1 atom stereocenters. The van der Waals surface area contributed by atoms with E-state index in [1.54, 1.807) is 19.1 Å². The minimum Gasteiger partial charge on any atom is -0.449 e. The lowest BCUT2D eigenvalue weighted by Gasteiger charge is -2.15. The van der Waals surface area contributed by atoms with E-state index in [1.165, 1.54) is 18.4 Å². The van der Waals surface area contributed by atoms with Gasteiger partial charge in [0.2, 0.25) is 0 Å². The normalized spacial score (nSPS) is 15.3. The molecule has 0 unspecified atom stereocenters. The molecule has 1 aromatic rings. The largest absolute Gasteiger partial charge is 0.449 e. The number of ether oxygens (including phenoxy) is 1. The zero-order chi connectivity index (χ0) is 17.4. The van der Waals surface area contributed by atoms with Crippen LogP contribution < -0.4 is 5.32 Å². The molecular weight excluding hydrogens is 302 g/mol. The number of amides is 1. The molecule has 130 valence electrons. The van der Waals surface area contributed by atoms with Crippen LogP contribution in [-0.4, -0.2) is 24.5 Å². The van der Waals surface area contributed by atoms with E-state index in [-0.39, 0.29) is 5.91 Å². The molecule has 0 saturated heterocycles. The fourth-order valence-electron chi connectivity index (χ4n) is 2.78. The number of benzene rings is 1. The quantitative estimate of drug-likeness (QED) is 0.611. The predicted molar refractivity (Wildman–Crippen MR) is 94.9 cm³/mol. The summed E-state index contributed by atoms with van der Waals surface area (Å²) in [6.45, 7) is 4.26. The van der Waals surface area contributed by atoms with Crippen LogP contribution >= 0.6 is 0 Å². The van der Waals surface area contributed by atoms with Crippen LogP contribution in [0.5, 0.6) is 0 Å². The second kappa shape index (κ2) is 9.26. The number of carbonyl (C=O) groups excluding carboxylic acids is 2. The summed E-state index contributed by atoms with van der Waals surface area (Å²) in [6.07, 6.45) is 8.08. The van der Waals surface area contributed by atoms with Crippen molar-refractivity contribution in [2.75, 3.05) is 6.54 Å². The molecule has 0 saturated carbocycles. The fraction of sp³-hybridized carbons (Fsp3) is 0.500. The van der Waals surface area contributed by atoms with Gasteiger partial charge in [-0.05, 0) is 63.1 Å². The first-order valence-electron chi connectivity index (χ1n) is 8.85. The van der Waals surface area contributed by atoms with Gasteiger partial charge >= 0.3 is 5.97 Å². The minimum absolute atomic E-state index is 0.245. The first-order chi connectivity index (χ1) is 11.6. The van der Waals surface area contributed by atoms with Crippen LogP contribution in [0, 0.1) is 0 Å². The second-order valence-electron chi connectivity index (χ2n) is 6.25. The van der Waals surface area contributed by atoms with Crippen LogP contribution in [0.15, 0.2) is 35.9 Å². The Balaban J connectivity index is 1.75. The van der Waals surface area contributed by atoms with Gasteiger partial charge < -0.3 is 10.1 Å². The zero-order valence-corrected chi connectivity index (χ0v) is 14.6. The molecule has 1 amide bonds. The summed E-state index contributed by atoms with van der Waals surface area (Å²) in [5, 5.41) is 2.85. The highest BCUT2D eigenvalue weighted by Gasteiger charge is 2.18. The number of rotatable bonds is 7. The first-order valence-corrected chi connectivity index (χ1v) is 8.85. The summed E-state index contributed by atoms with van der Waals surface area (Å²) in [6, 6.07) is 7.28. The third-order valence-electron chi connectivity index (χ3n) is 4.38. The number of allylic oxidation sites excluding steroid dienone is 1. The van der Waals surface area contributed by atoms with Crippen molar-refractivity contribution in [2.24, 2.45) is 0 Å². The van der Waals surface area contributed by atoms with Crippen molar-refractivity contribution in [2.45, 2.75) is 58.5 Å². The number of nitrogens with one attached hydrogen (secondary N) is 1. The highest BCUT2D eigenvalue weighted by atomic mass is 16.5. The average molecular weight is 329 g/mol. The van der Waals surface area contributed by atoms with Crippen molar-refractivity contribution >= 4 is 11.9 Å². The van der Waals surface area contributed by atoms with Gasteiger partial charge in [-0.15, -0.1) is 0 Å². The van der Waals surface area contributed by atoms with Gasteiger partial charge in [-0.25, -0.2) is 4.79 Å². The Morgan fingerprint density at radius 3 is 2.58 bits per heavy atom. The molecule has 0 aliphatic heterocycles. The Kier molecular flexibility index (Phi) is 7.04. The molecule has 0 fully saturated rings. The maximum absolute atomic E-state index is 12.1. The molecule has 2 rings (SSSR count). The molecule has 0 radical (unpaired) electrons. The molecule has 1 N–H and O–H groups in total. The molecule has 0 heterocycles. The number of aryl methyl sites for hydroxylation is 1. The summed E-state index contributed by atoms with van der Waals surface area (Å²) in [7, 11) is 0. The highest BCUT2D eigenvalue weighted by molar-refractivity contribution is 5.92. The zero-order valence-electron chi connectivity index (χ0n) is 14.6. The third-order valence-corrected chi connectivity index (χ3v) is 4.38. The second-order valence-corrected chi connectivity index (χ2v) is 6.25. The molecule has 1 aliphatic carbocycles. The molecule has 4 nitrogen and oxygen atoms in total. The molecule has 1 aliphatic rings. The summed E-state index contributed by atoms with van der Waals surface area (Å²) >= 11 is 0. The van der Waals surface area contributed by atoms with Crippen molar-refractivity contribution < 1.29 is 14.3 Å². The van der Waals surface area contributed by atoms with Gasteiger partial charge in [-0.1, -0.05) is 30.7 Å². The molecule has 1 aromatic carbocycles. The van der Waals surface area contributed by atoms with E-state index in [2.05, 4.69) is 18.3 Å². The number of carbonyl (C=O) groups is 2. The third kappa shape index (κ3) is 5.52. The van der Waals surface area contributed by atoms with Gasteiger partial charge in [0.05, 0.1) is 5.56 Å². The van der Waals surface area contributed by atoms with Gasteiger partial charge in [0.1, 0.15) is 0 Å². The Hall–Kier alpha value is -2.10. The lowest BCUT2D eigenvalue weighted by atomic mass is 9.97. The summed E-state index contributed by atoms with van der Waals surface area (Å²) in [5.74, 6) is -0.708. The van der Waals surface area contributed by atoms with Crippen LogP contribution in [-0.2, 0) is 16.0 Å². The van der Waals surface area contributed by atoms with Crippen LogP contribution in [0.2, 0.25) is 0 Å². The highest BCUT2D eigenvalue weighted by Crippen LogP contribution is 2.19. The van der Waals surface area contributed by atoms with Crippen LogP contribution in [0.3, 0.4) is 0 Å². The smallest absolute Gasteiger partial charge is 0.338 e. The van der Waals surface area contributed by atoms with Gasteiger partial charge in [-0.2, -0.15) is 0 Å². The standard InChI is InChI=1S/C20H27NO3/c1-3-16-9-11-18(12-10-16)20(23)24-15(2)19(22)21-14-13-17-7-5-4-6-8-17/h7,9-12,15H,3-6,8,13-14H2,1-2H3,(H,21,22)/t15-/m1/s1. The summed E-state index contributed by atoms with van der Waals surface area (Å²) < 4.78 is 5.25. The maximum atomic E-state index is 12.1. The van der Waals surface area contributed by atoms with Gasteiger partial charge in [-0.3, -0.25) is 4.79 Å². The predicted octanol–water partition coefficient (Wildman–Crippen LogP) is 3.80. The van der Waals surface area contributed by atoms with E-state index in [0.29, 0.717) is 12.1 Å². The lowest BCUT2D eigenvalue weighted by Crippen LogP contribution is -2.36. The maximum Gasteiger partial charge on any atom is 0.338 e. The van der Waals surface area contributed by atoms with Crippen LogP contribution in [0.25, 0.3) is 0 Å². The van der Waals surface area contributed by atoms with Crippen LogP contribution in [0.1, 0.15) is 61.9 Å². The average Bonchev–Trinajstić information content (AvgIpc) is 2.62. The van der Waals surface area contributed by atoms with Crippen molar-refractivity contribution in [3.05, 3.63) is 47.0 Å². The monoisotopic (exact) mass is 329 g/mol. The Morgan fingerprint density at radius 2 is 1.96 bits per heavy atom. The van der Waals surface area contributed by atoms with Crippen LogP contribution in [0.4, 0.5) is 0 Å². The molecule has 4 heteroatoms. The molecule has 24 heavy (non-hydrogen) atoms. The van der Waals surface area contributed by atoms with E-state index in [0.717, 1.165) is 31.2 Å². The SMILES string of the molecule is CCc1ccc(C(=O)O[C@H](C)C(=O)NCCC2=CCCCC2)cc1. The van der Waals surface area contributed by atoms with E-state index in [1.807, 2.05) is 12.1 Å². The van der Waals surface area contributed by atoms with Gasteiger partial charge in [0.25, 0.3) is 5.91 Å². The number of esters is 1. The fourth-order valence-corrected chi connectivity index (χ4v) is 2.78. The van der Waals surface area contributed by atoms with Crippen molar-refractivity contribution in [3.63, 3.8) is 0 Å². The van der Waals surface area contributed by atoms with E-state index < -0.39 is 12.1 Å². The lowest BCUT2D eigenvalue weighted by molar-refractivity contribution is -0.129. The van der Waals surface area contributed by atoms with Crippen molar-refractivity contribution in [1.82, 2.24) is 5.32 Å². The Morgan fingerprint density at radius 1 is 1.21 bits per heavy atom. The molecule has 0 aromatic heterocycles. The summed E-state index contributed by atoms with van der Waals surface area (Å²) in [5.41, 5.74) is 3.05. The molecule has 0 bridgehead atoms. The van der Waals surface area contributed by atoms with Crippen molar-refractivity contribution in [3.8, 4) is 0 Å².